The van der Waals surface area contributed by atoms with Gasteiger partial charge in [0.25, 0.3) is 0 Å². The molecule has 118 valence electrons. The van der Waals surface area contributed by atoms with Crippen molar-refractivity contribution >= 4 is 11.8 Å². The van der Waals surface area contributed by atoms with Crippen LogP contribution in [-0.4, -0.2) is 17.0 Å². The SMILES string of the molecule is CCSC1CCC(NCc2ccc(F)c(C(F)(F)F)c2)C1. The molecule has 6 heteroatoms. The molecule has 1 aliphatic rings. The molecule has 0 aliphatic heterocycles. The third-order valence-electron chi connectivity index (χ3n) is 3.72. The van der Waals surface area contributed by atoms with Crippen molar-refractivity contribution in [1.82, 2.24) is 5.32 Å². The smallest absolute Gasteiger partial charge is 0.310 e. The van der Waals surface area contributed by atoms with Crippen molar-refractivity contribution < 1.29 is 17.6 Å². The summed E-state index contributed by atoms with van der Waals surface area (Å²) in [5.74, 6) is -0.129. The van der Waals surface area contributed by atoms with Gasteiger partial charge in [-0.15, -0.1) is 0 Å². The van der Waals surface area contributed by atoms with Gasteiger partial charge in [-0.3, -0.25) is 0 Å². The maximum absolute atomic E-state index is 13.2. The molecule has 21 heavy (non-hydrogen) atoms. The van der Waals surface area contributed by atoms with E-state index in [1.165, 1.54) is 6.07 Å². The van der Waals surface area contributed by atoms with Gasteiger partial charge in [0.2, 0.25) is 0 Å². The fraction of sp³-hybridized carbons (Fsp3) is 0.600. The number of hydrogen-bond donors (Lipinski definition) is 1. The van der Waals surface area contributed by atoms with E-state index in [9.17, 15) is 17.6 Å². The predicted molar refractivity (Wildman–Crippen MR) is 77.8 cm³/mol. The predicted octanol–water partition coefficient (Wildman–Crippen LogP) is 4.61. The molecule has 1 aromatic rings. The van der Waals surface area contributed by atoms with Crippen molar-refractivity contribution in [2.45, 2.75) is 50.2 Å². The van der Waals surface area contributed by atoms with Crippen molar-refractivity contribution in [2.24, 2.45) is 0 Å². The van der Waals surface area contributed by atoms with Crippen LogP contribution < -0.4 is 5.32 Å². The first-order valence-electron chi connectivity index (χ1n) is 7.10. The minimum Gasteiger partial charge on any atom is -0.310 e. The molecular formula is C15H19F4NS. The summed E-state index contributed by atoms with van der Waals surface area (Å²) < 4.78 is 51.1. The zero-order valence-corrected chi connectivity index (χ0v) is 12.7. The minimum atomic E-state index is -4.64. The molecule has 1 aliphatic carbocycles. The highest BCUT2D eigenvalue weighted by Crippen LogP contribution is 2.32. The standard InChI is InChI=1S/C15H19F4NS/c1-2-21-12-5-4-11(8-12)20-9-10-3-6-14(16)13(7-10)15(17,18)19/h3,6-7,11-12,20H,2,4-5,8-9H2,1H3. The average molecular weight is 321 g/mol. The van der Waals surface area contributed by atoms with Crippen LogP contribution in [0.5, 0.6) is 0 Å². The van der Waals surface area contributed by atoms with E-state index < -0.39 is 17.6 Å². The molecule has 0 bridgehead atoms. The number of halogens is 4. The van der Waals surface area contributed by atoms with Gasteiger partial charge < -0.3 is 5.32 Å². The number of thioether (sulfide) groups is 1. The van der Waals surface area contributed by atoms with Crippen LogP contribution in [0.3, 0.4) is 0 Å². The van der Waals surface area contributed by atoms with E-state index in [2.05, 4.69) is 12.2 Å². The van der Waals surface area contributed by atoms with Crippen molar-refractivity contribution in [2.75, 3.05) is 5.75 Å². The monoisotopic (exact) mass is 321 g/mol. The van der Waals surface area contributed by atoms with Gasteiger partial charge in [0.1, 0.15) is 5.82 Å². The Balaban J connectivity index is 1.92. The van der Waals surface area contributed by atoms with Gasteiger partial charge in [-0.2, -0.15) is 24.9 Å². The van der Waals surface area contributed by atoms with Gasteiger partial charge in [0.15, 0.2) is 0 Å². The molecule has 2 unspecified atom stereocenters. The summed E-state index contributed by atoms with van der Waals surface area (Å²) in [4.78, 5) is 0. The van der Waals surface area contributed by atoms with Crippen LogP contribution in [0.4, 0.5) is 17.6 Å². The quantitative estimate of drug-likeness (QED) is 0.795. The average Bonchev–Trinajstić information content (AvgIpc) is 2.85. The maximum Gasteiger partial charge on any atom is 0.419 e. The lowest BCUT2D eigenvalue weighted by atomic mass is 10.1. The summed E-state index contributed by atoms with van der Waals surface area (Å²) in [5.41, 5.74) is -0.719. The van der Waals surface area contributed by atoms with E-state index in [0.29, 0.717) is 23.4 Å². The summed E-state index contributed by atoms with van der Waals surface area (Å²) in [6.45, 7) is 2.47. The molecule has 1 aromatic carbocycles. The van der Waals surface area contributed by atoms with Crippen molar-refractivity contribution in [3.63, 3.8) is 0 Å². The lowest BCUT2D eigenvalue weighted by Crippen LogP contribution is -2.26. The topological polar surface area (TPSA) is 12.0 Å². The lowest BCUT2D eigenvalue weighted by Gasteiger charge is -2.14. The number of rotatable bonds is 5. The lowest BCUT2D eigenvalue weighted by molar-refractivity contribution is -0.140. The van der Waals surface area contributed by atoms with E-state index in [1.54, 1.807) is 0 Å². The molecule has 1 nitrogen and oxygen atoms in total. The Kier molecular flexibility index (Phi) is 5.54. The highest BCUT2D eigenvalue weighted by molar-refractivity contribution is 7.99. The van der Waals surface area contributed by atoms with Gasteiger partial charge in [-0.05, 0) is 42.7 Å². The summed E-state index contributed by atoms with van der Waals surface area (Å²) >= 11 is 1.93. The van der Waals surface area contributed by atoms with E-state index >= 15 is 0 Å². The molecule has 2 atom stereocenters. The van der Waals surface area contributed by atoms with Gasteiger partial charge in [0, 0.05) is 17.8 Å². The molecule has 0 saturated heterocycles. The maximum atomic E-state index is 13.2. The second-order valence-electron chi connectivity index (χ2n) is 5.28. The highest BCUT2D eigenvalue weighted by atomic mass is 32.2. The van der Waals surface area contributed by atoms with E-state index in [4.69, 9.17) is 0 Å². The molecular weight excluding hydrogens is 302 g/mol. The van der Waals surface area contributed by atoms with Crippen molar-refractivity contribution in [1.29, 1.82) is 0 Å². The summed E-state index contributed by atoms with van der Waals surface area (Å²) in [7, 11) is 0. The zero-order valence-electron chi connectivity index (χ0n) is 11.8. The van der Waals surface area contributed by atoms with E-state index in [0.717, 1.165) is 37.1 Å². The van der Waals surface area contributed by atoms with Crippen LogP contribution in [0.25, 0.3) is 0 Å². The molecule has 0 aromatic heterocycles. The van der Waals surface area contributed by atoms with Gasteiger partial charge in [-0.1, -0.05) is 13.0 Å². The Morgan fingerprint density at radius 1 is 1.29 bits per heavy atom. The fourth-order valence-corrected chi connectivity index (χ4v) is 3.82. The van der Waals surface area contributed by atoms with Gasteiger partial charge >= 0.3 is 6.18 Å². The third kappa shape index (κ3) is 4.61. The Bertz CT molecular complexity index is 475. The normalized spacial score (nSPS) is 22.7. The molecule has 0 spiro atoms. The first-order chi connectivity index (χ1) is 9.90. The number of alkyl halides is 3. The zero-order chi connectivity index (χ0) is 15.5. The summed E-state index contributed by atoms with van der Waals surface area (Å²) in [6, 6.07) is 3.54. The number of hydrogen-bond acceptors (Lipinski definition) is 2. The highest BCUT2D eigenvalue weighted by Gasteiger charge is 2.34. The van der Waals surface area contributed by atoms with E-state index in [1.807, 2.05) is 11.8 Å². The molecule has 1 N–H and O–H groups in total. The van der Waals surface area contributed by atoms with Crippen molar-refractivity contribution in [3.8, 4) is 0 Å². The second kappa shape index (κ2) is 7.01. The molecule has 0 amide bonds. The van der Waals surface area contributed by atoms with Gasteiger partial charge in [-0.25, -0.2) is 4.39 Å². The molecule has 1 saturated carbocycles. The van der Waals surface area contributed by atoms with Crippen molar-refractivity contribution in [3.05, 3.63) is 35.1 Å². The Labute approximate surface area is 126 Å². The van der Waals surface area contributed by atoms with Crippen LogP contribution in [0.2, 0.25) is 0 Å². The Morgan fingerprint density at radius 3 is 2.71 bits per heavy atom. The van der Waals surface area contributed by atoms with Crippen LogP contribution in [0, 0.1) is 5.82 Å². The minimum absolute atomic E-state index is 0.341. The molecule has 0 heterocycles. The van der Waals surface area contributed by atoms with Crippen LogP contribution in [-0.2, 0) is 12.7 Å². The van der Waals surface area contributed by atoms with E-state index in [-0.39, 0.29) is 0 Å². The first-order valence-corrected chi connectivity index (χ1v) is 8.15. The number of nitrogens with one attached hydrogen (secondary N) is 1. The van der Waals surface area contributed by atoms with Crippen LogP contribution >= 0.6 is 11.8 Å². The Hall–Kier alpha value is -0.750. The molecule has 1 fully saturated rings. The third-order valence-corrected chi connectivity index (χ3v) is 4.95. The number of benzene rings is 1. The molecule has 2 rings (SSSR count). The van der Waals surface area contributed by atoms with Crippen LogP contribution in [0.1, 0.15) is 37.3 Å². The first kappa shape index (κ1) is 16.6. The largest absolute Gasteiger partial charge is 0.419 e. The Morgan fingerprint density at radius 2 is 2.05 bits per heavy atom. The van der Waals surface area contributed by atoms with Gasteiger partial charge in [0.05, 0.1) is 5.56 Å². The van der Waals surface area contributed by atoms with Crippen LogP contribution in [0.15, 0.2) is 18.2 Å². The molecule has 0 radical (unpaired) electrons. The summed E-state index contributed by atoms with van der Waals surface area (Å²) in [5, 5.41) is 3.93. The fourth-order valence-electron chi connectivity index (χ4n) is 2.67. The second-order valence-corrected chi connectivity index (χ2v) is 6.86. The summed E-state index contributed by atoms with van der Waals surface area (Å²) in [6.07, 6.45) is -1.40.